The Bertz CT molecular complexity index is 562. The highest BCUT2D eigenvalue weighted by Crippen LogP contribution is 2.48. The SMILES string of the molecule is CCC[C@H]1O[C@@H](C)[C@H](O)[C@@H]1OP(=O)(O)OCc1ccc(CO)cc1. The summed E-state index contributed by atoms with van der Waals surface area (Å²) in [6.07, 6.45) is -1.35. The first-order valence-electron chi connectivity index (χ1n) is 8.04. The van der Waals surface area contributed by atoms with E-state index in [-0.39, 0.29) is 13.2 Å². The zero-order chi connectivity index (χ0) is 17.7. The van der Waals surface area contributed by atoms with Crippen LogP contribution in [0.1, 0.15) is 37.8 Å². The van der Waals surface area contributed by atoms with Gasteiger partial charge in [0.1, 0.15) is 12.2 Å². The van der Waals surface area contributed by atoms with E-state index in [2.05, 4.69) is 0 Å². The third kappa shape index (κ3) is 5.10. The molecule has 0 bridgehead atoms. The van der Waals surface area contributed by atoms with Gasteiger partial charge in [0, 0.05) is 0 Å². The highest BCUT2D eigenvalue weighted by atomic mass is 31.2. The number of aliphatic hydroxyl groups is 2. The lowest BCUT2D eigenvalue weighted by molar-refractivity contribution is 0.00446. The highest BCUT2D eigenvalue weighted by molar-refractivity contribution is 7.47. The number of ether oxygens (including phenoxy) is 1. The molecule has 0 saturated carbocycles. The van der Waals surface area contributed by atoms with Gasteiger partial charge in [-0.3, -0.25) is 9.05 Å². The van der Waals surface area contributed by atoms with E-state index in [1.807, 2.05) is 6.92 Å². The molecule has 136 valence electrons. The minimum absolute atomic E-state index is 0.0701. The van der Waals surface area contributed by atoms with E-state index in [0.29, 0.717) is 12.0 Å². The van der Waals surface area contributed by atoms with Crippen molar-refractivity contribution in [1.82, 2.24) is 0 Å². The average Bonchev–Trinajstić information content (AvgIpc) is 2.81. The first kappa shape index (κ1) is 19.5. The maximum atomic E-state index is 12.2. The van der Waals surface area contributed by atoms with Crippen LogP contribution < -0.4 is 0 Å². The maximum absolute atomic E-state index is 12.2. The van der Waals surface area contributed by atoms with Gasteiger partial charge in [0.2, 0.25) is 0 Å². The topological polar surface area (TPSA) is 105 Å². The summed E-state index contributed by atoms with van der Waals surface area (Å²) in [5.41, 5.74) is 1.41. The van der Waals surface area contributed by atoms with E-state index in [4.69, 9.17) is 18.9 Å². The molecule has 1 aromatic carbocycles. The van der Waals surface area contributed by atoms with Crippen LogP contribution in [0.4, 0.5) is 0 Å². The minimum Gasteiger partial charge on any atom is -0.392 e. The van der Waals surface area contributed by atoms with Crippen molar-refractivity contribution in [2.45, 2.75) is 64.3 Å². The van der Waals surface area contributed by atoms with Crippen LogP contribution in [0.5, 0.6) is 0 Å². The van der Waals surface area contributed by atoms with Gasteiger partial charge in [-0.05, 0) is 24.5 Å². The molecule has 8 heteroatoms. The van der Waals surface area contributed by atoms with Crippen molar-refractivity contribution in [1.29, 1.82) is 0 Å². The molecular formula is C16H25O7P. The Balaban J connectivity index is 1.95. The molecule has 0 aliphatic carbocycles. The predicted octanol–water partition coefficient (Wildman–Crippen LogP) is 2.13. The van der Waals surface area contributed by atoms with Crippen molar-refractivity contribution >= 4 is 7.82 Å². The van der Waals surface area contributed by atoms with Gasteiger partial charge in [-0.2, -0.15) is 0 Å². The minimum atomic E-state index is -4.34. The van der Waals surface area contributed by atoms with Crippen LogP contribution in [0, 0.1) is 0 Å². The Hall–Kier alpha value is -0.790. The molecule has 1 heterocycles. The van der Waals surface area contributed by atoms with Crippen LogP contribution in [-0.2, 0) is 31.6 Å². The molecule has 7 nitrogen and oxygen atoms in total. The maximum Gasteiger partial charge on any atom is 0.472 e. The second kappa shape index (κ2) is 8.54. The smallest absolute Gasteiger partial charge is 0.392 e. The lowest BCUT2D eigenvalue weighted by Gasteiger charge is -2.23. The fourth-order valence-electron chi connectivity index (χ4n) is 2.65. The van der Waals surface area contributed by atoms with E-state index in [1.54, 1.807) is 31.2 Å². The third-order valence-corrected chi connectivity index (χ3v) is 4.97. The molecule has 3 N–H and O–H groups in total. The third-order valence-electron chi connectivity index (χ3n) is 4.00. The van der Waals surface area contributed by atoms with Gasteiger partial charge in [0.05, 0.1) is 25.4 Å². The molecule has 0 aromatic heterocycles. The van der Waals surface area contributed by atoms with Crippen molar-refractivity contribution in [2.75, 3.05) is 0 Å². The molecule has 1 unspecified atom stereocenters. The summed E-state index contributed by atoms with van der Waals surface area (Å²) in [7, 11) is -4.34. The fraction of sp³-hybridized carbons (Fsp3) is 0.625. The molecule has 0 spiro atoms. The van der Waals surface area contributed by atoms with Gasteiger partial charge >= 0.3 is 7.82 Å². The van der Waals surface area contributed by atoms with Crippen LogP contribution in [-0.4, -0.2) is 39.5 Å². The molecule has 0 amide bonds. The Morgan fingerprint density at radius 2 is 1.88 bits per heavy atom. The van der Waals surface area contributed by atoms with E-state index in [9.17, 15) is 14.6 Å². The van der Waals surface area contributed by atoms with Crippen molar-refractivity contribution < 1.29 is 33.5 Å². The zero-order valence-corrected chi connectivity index (χ0v) is 14.8. The van der Waals surface area contributed by atoms with Gasteiger partial charge < -0.3 is 19.8 Å². The summed E-state index contributed by atoms with van der Waals surface area (Å²) in [4.78, 5) is 9.93. The predicted molar refractivity (Wildman–Crippen MR) is 87.1 cm³/mol. The second-order valence-corrected chi connectivity index (χ2v) is 7.35. The van der Waals surface area contributed by atoms with Gasteiger partial charge in [0.25, 0.3) is 0 Å². The number of benzene rings is 1. The lowest BCUT2D eigenvalue weighted by Crippen LogP contribution is -2.34. The van der Waals surface area contributed by atoms with E-state index in [0.717, 1.165) is 12.0 Å². The van der Waals surface area contributed by atoms with Crippen LogP contribution in [0.15, 0.2) is 24.3 Å². The van der Waals surface area contributed by atoms with Crippen molar-refractivity contribution in [3.05, 3.63) is 35.4 Å². The van der Waals surface area contributed by atoms with Gasteiger partial charge in [-0.1, -0.05) is 37.6 Å². The van der Waals surface area contributed by atoms with Gasteiger partial charge in [-0.25, -0.2) is 4.57 Å². The summed E-state index contributed by atoms with van der Waals surface area (Å²) in [6.45, 7) is 3.47. The number of aliphatic hydroxyl groups excluding tert-OH is 2. The molecule has 1 aliphatic heterocycles. The molecule has 0 radical (unpaired) electrons. The van der Waals surface area contributed by atoms with Crippen molar-refractivity contribution in [2.24, 2.45) is 0 Å². The summed E-state index contributed by atoms with van der Waals surface area (Å²) in [6, 6.07) is 6.80. The molecule has 1 aliphatic rings. The number of phosphoric acid groups is 1. The summed E-state index contributed by atoms with van der Waals surface area (Å²) < 4.78 is 28.0. The average molecular weight is 360 g/mol. The normalized spacial score (nSPS) is 29.5. The Labute approximate surface area is 141 Å². The standard InChI is InChI=1S/C16H25O7P/c1-3-4-14-16(15(18)11(2)22-14)23-24(19,20)21-10-13-7-5-12(9-17)6-8-13/h5-8,11,14-18H,3-4,9-10H2,1-2H3,(H,19,20)/t11-,14+,15-,16+/m0/s1. The van der Waals surface area contributed by atoms with Crippen LogP contribution in [0.25, 0.3) is 0 Å². The van der Waals surface area contributed by atoms with Crippen LogP contribution in [0.3, 0.4) is 0 Å². The summed E-state index contributed by atoms with van der Waals surface area (Å²) in [5, 5.41) is 19.1. The Morgan fingerprint density at radius 3 is 2.46 bits per heavy atom. The largest absolute Gasteiger partial charge is 0.472 e. The number of hydrogen-bond donors (Lipinski definition) is 3. The van der Waals surface area contributed by atoms with Gasteiger partial charge in [0.15, 0.2) is 0 Å². The first-order chi connectivity index (χ1) is 11.4. The first-order valence-corrected chi connectivity index (χ1v) is 9.53. The monoisotopic (exact) mass is 360 g/mol. The second-order valence-electron chi connectivity index (χ2n) is 5.95. The van der Waals surface area contributed by atoms with Crippen LogP contribution >= 0.6 is 7.82 Å². The van der Waals surface area contributed by atoms with Gasteiger partial charge in [-0.15, -0.1) is 0 Å². The lowest BCUT2D eigenvalue weighted by atomic mass is 10.1. The van der Waals surface area contributed by atoms with Crippen molar-refractivity contribution in [3.8, 4) is 0 Å². The number of phosphoric ester groups is 1. The zero-order valence-electron chi connectivity index (χ0n) is 13.9. The van der Waals surface area contributed by atoms with E-state index in [1.165, 1.54) is 0 Å². The Morgan fingerprint density at radius 1 is 1.25 bits per heavy atom. The molecular weight excluding hydrogens is 335 g/mol. The quantitative estimate of drug-likeness (QED) is 0.610. The van der Waals surface area contributed by atoms with E-state index >= 15 is 0 Å². The molecule has 5 atom stereocenters. The van der Waals surface area contributed by atoms with Crippen LogP contribution in [0.2, 0.25) is 0 Å². The highest BCUT2D eigenvalue weighted by Gasteiger charge is 2.45. The van der Waals surface area contributed by atoms with Crippen molar-refractivity contribution in [3.63, 3.8) is 0 Å². The number of hydrogen-bond acceptors (Lipinski definition) is 6. The van der Waals surface area contributed by atoms with E-state index < -0.39 is 32.2 Å². The molecule has 24 heavy (non-hydrogen) atoms. The Kier molecular flexibility index (Phi) is 6.95. The summed E-state index contributed by atoms with van der Waals surface area (Å²) >= 11 is 0. The fourth-order valence-corrected chi connectivity index (χ4v) is 3.59. The number of rotatable bonds is 8. The molecule has 1 saturated heterocycles. The molecule has 1 fully saturated rings. The molecule has 2 rings (SSSR count). The molecule has 1 aromatic rings. The summed E-state index contributed by atoms with van der Waals surface area (Å²) in [5.74, 6) is 0.